The zero-order valence-corrected chi connectivity index (χ0v) is 35.4. The summed E-state index contributed by atoms with van der Waals surface area (Å²) in [6, 6.07) is 14.0. The van der Waals surface area contributed by atoms with E-state index in [-0.39, 0.29) is 47.2 Å². The molecule has 59 heavy (non-hydrogen) atoms. The van der Waals surface area contributed by atoms with Crippen LogP contribution in [0.3, 0.4) is 0 Å². The van der Waals surface area contributed by atoms with Crippen LogP contribution in [-0.4, -0.2) is 130 Å². The third-order valence-electron chi connectivity index (χ3n) is 11.5. The topological polar surface area (TPSA) is 165 Å². The average molecular weight is 834 g/mol. The Bertz CT molecular complexity index is 2080. The molecule has 1 unspecified atom stereocenters. The first-order valence-electron chi connectivity index (χ1n) is 21.1. The van der Waals surface area contributed by atoms with Crippen LogP contribution >= 0.6 is 11.6 Å². The van der Waals surface area contributed by atoms with Gasteiger partial charge in [-0.2, -0.15) is 5.10 Å². The lowest BCUT2D eigenvalue weighted by atomic mass is 9.89. The number of aliphatic hydroxyl groups is 1. The van der Waals surface area contributed by atoms with Crippen molar-refractivity contribution in [1.82, 2.24) is 34.8 Å². The zero-order valence-electron chi connectivity index (χ0n) is 34.6. The Balaban J connectivity index is 0.00000288. The molecule has 3 fully saturated rings. The number of likely N-dealkylation sites (N-methyl/N-ethyl adjacent to an activating group) is 1. The van der Waals surface area contributed by atoms with Crippen LogP contribution in [0.15, 0.2) is 59.5 Å². The Kier molecular flexibility index (Phi) is 15.6. The Hall–Kier alpha value is -4.31. The van der Waals surface area contributed by atoms with Gasteiger partial charge in [0.2, 0.25) is 11.5 Å². The van der Waals surface area contributed by atoms with E-state index in [4.69, 9.17) is 21.1 Å². The maximum Gasteiger partial charge on any atom is 0.274 e. The van der Waals surface area contributed by atoms with Gasteiger partial charge in [-0.3, -0.25) is 24.0 Å². The molecule has 15 heteroatoms. The van der Waals surface area contributed by atoms with Gasteiger partial charge in [-0.1, -0.05) is 49.7 Å². The molecule has 2 aromatic heterocycles. The molecule has 1 atom stereocenters. The lowest BCUT2D eigenvalue weighted by molar-refractivity contribution is -0.131. The van der Waals surface area contributed by atoms with E-state index >= 15 is 0 Å². The molecule has 4 N–H and O–H groups in total. The Morgan fingerprint density at radius 3 is 2.64 bits per heavy atom. The van der Waals surface area contributed by atoms with Gasteiger partial charge in [0.05, 0.1) is 50.0 Å². The van der Waals surface area contributed by atoms with Crippen molar-refractivity contribution < 1.29 is 29.3 Å². The van der Waals surface area contributed by atoms with Crippen molar-refractivity contribution in [2.24, 2.45) is 5.92 Å². The molecule has 1 spiro atoms. The first-order valence-corrected chi connectivity index (χ1v) is 21.5. The van der Waals surface area contributed by atoms with Crippen LogP contribution in [-0.2, 0) is 33.8 Å². The third-order valence-corrected chi connectivity index (χ3v) is 12.0. The Labute approximate surface area is 351 Å². The van der Waals surface area contributed by atoms with E-state index in [0.29, 0.717) is 75.0 Å². The van der Waals surface area contributed by atoms with E-state index in [0.717, 1.165) is 55.2 Å². The summed E-state index contributed by atoms with van der Waals surface area (Å²) >= 11 is 6.91. The highest BCUT2D eigenvalue weighted by atomic mass is 35.5. The van der Waals surface area contributed by atoms with Gasteiger partial charge in [-0.25, -0.2) is 0 Å². The quantitative estimate of drug-likeness (QED) is 0.109. The van der Waals surface area contributed by atoms with Crippen LogP contribution in [0.2, 0.25) is 5.02 Å². The van der Waals surface area contributed by atoms with Gasteiger partial charge in [-0.05, 0) is 72.9 Å². The summed E-state index contributed by atoms with van der Waals surface area (Å²) in [6.45, 7) is 10.9. The van der Waals surface area contributed by atoms with E-state index in [1.54, 1.807) is 24.1 Å². The number of H-pyrrole nitrogens is 1. The van der Waals surface area contributed by atoms with E-state index < -0.39 is 6.10 Å². The fourth-order valence-electron chi connectivity index (χ4n) is 7.84. The molecule has 0 radical (unpaired) electrons. The van der Waals surface area contributed by atoms with Crippen LogP contribution in [0.5, 0.6) is 5.75 Å². The van der Waals surface area contributed by atoms with Crippen molar-refractivity contribution in [3.8, 4) is 5.75 Å². The predicted molar refractivity (Wildman–Crippen MR) is 228 cm³/mol. The standard InChI is InChI=1S/C42H54ClN7O7.C2H6/c1-47(20-16-44-25-36(52)32-7-9-35(51)40-33(32)8-10-37(53)45-40)38(54)13-23-56-22-12-30-3-2-4-31(39(30)43)27-48-18-14-42(15-19-48)28-49(21-24-57-42)41(55)34-11-17-50(46-34)26-29-5-6-29;1-2/h2-4,7-11,17,29,36,44,51-52H,5-6,12-16,18-28H2,1H3,(H,45,53);1-2H3. The number of aliphatic hydroxyl groups excluding tert-OH is 1. The smallest absolute Gasteiger partial charge is 0.274 e. The van der Waals surface area contributed by atoms with Gasteiger partial charge >= 0.3 is 0 Å². The molecule has 4 aromatic rings. The number of morpholine rings is 1. The summed E-state index contributed by atoms with van der Waals surface area (Å²) in [5.41, 5.74) is 2.79. The van der Waals surface area contributed by atoms with Crippen LogP contribution in [0, 0.1) is 5.92 Å². The van der Waals surface area contributed by atoms with E-state index in [9.17, 15) is 24.6 Å². The van der Waals surface area contributed by atoms with Crippen molar-refractivity contribution in [3.63, 3.8) is 0 Å². The Morgan fingerprint density at radius 1 is 1.08 bits per heavy atom. The number of benzene rings is 2. The number of hydrogen-bond donors (Lipinski definition) is 4. The van der Waals surface area contributed by atoms with Crippen LogP contribution < -0.4 is 10.9 Å². The molecule has 320 valence electrons. The summed E-state index contributed by atoms with van der Waals surface area (Å²) in [5, 5.41) is 29.9. The molecule has 1 aliphatic carbocycles. The number of ether oxygens (including phenoxy) is 2. The number of halogens is 1. The molecule has 7 rings (SSSR count). The average Bonchev–Trinajstić information content (AvgIpc) is 3.95. The zero-order chi connectivity index (χ0) is 41.9. The minimum atomic E-state index is -0.874. The maximum atomic E-state index is 13.3. The number of piperidine rings is 1. The second-order valence-electron chi connectivity index (χ2n) is 15.7. The number of phenolic OH excluding ortho intramolecular Hbond substituents is 1. The molecular weight excluding hydrogens is 774 g/mol. The number of likely N-dealkylation sites (tertiary alicyclic amines) is 1. The molecule has 0 bridgehead atoms. The molecule has 2 aromatic carbocycles. The predicted octanol–water partition coefficient (Wildman–Crippen LogP) is 4.76. The summed E-state index contributed by atoms with van der Waals surface area (Å²) in [5.74, 6) is 0.593. The van der Waals surface area contributed by atoms with Crippen molar-refractivity contribution in [2.75, 3.05) is 72.7 Å². The number of amides is 2. The first kappa shape index (κ1) is 44.2. The van der Waals surface area contributed by atoms with Gasteiger partial charge in [-0.15, -0.1) is 0 Å². The van der Waals surface area contributed by atoms with Crippen LogP contribution in [0.4, 0.5) is 0 Å². The molecule has 14 nitrogen and oxygen atoms in total. The number of aromatic amines is 1. The number of carbonyl (C=O) groups is 2. The number of aromatic nitrogens is 3. The van der Waals surface area contributed by atoms with E-state index in [2.05, 4.69) is 26.4 Å². The van der Waals surface area contributed by atoms with Gasteiger partial charge in [0.1, 0.15) is 11.4 Å². The van der Waals surface area contributed by atoms with Gasteiger partial charge in [0.25, 0.3) is 5.91 Å². The van der Waals surface area contributed by atoms with Gasteiger partial charge in [0.15, 0.2) is 0 Å². The SMILES string of the molecule is CC.CN(CCNCC(O)c1ccc(O)c2[nH]c(=O)ccc12)C(=O)CCOCCc1cccc(CN2CCC3(CC2)CN(C(=O)c2ccn(CC4CC4)n2)CCO3)c1Cl. The summed E-state index contributed by atoms with van der Waals surface area (Å²) < 4.78 is 14.1. The molecule has 2 saturated heterocycles. The number of pyridine rings is 1. The number of hydrogen-bond acceptors (Lipinski definition) is 10. The molecular formula is C44H60ClN7O7. The number of aromatic hydroxyl groups is 1. The molecule has 4 heterocycles. The van der Waals surface area contributed by atoms with Crippen LogP contribution in [0.25, 0.3) is 10.9 Å². The number of rotatable bonds is 17. The Morgan fingerprint density at radius 2 is 1.86 bits per heavy atom. The van der Waals surface area contributed by atoms with Gasteiger partial charge < -0.3 is 39.8 Å². The maximum absolute atomic E-state index is 13.3. The fourth-order valence-corrected chi connectivity index (χ4v) is 8.12. The minimum absolute atomic E-state index is 0.0110. The molecule has 1 saturated carbocycles. The highest BCUT2D eigenvalue weighted by Gasteiger charge is 2.41. The van der Waals surface area contributed by atoms with Gasteiger partial charge in [0, 0.05) is 82.1 Å². The van der Waals surface area contributed by atoms with E-state index in [1.165, 1.54) is 25.0 Å². The third kappa shape index (κ3) is 11.7. The van der Waals surface area contributed by atoms with Crippen molar-refractivity contribution >= 4 is 34.3 Å². The molecule has 2 amide bonds. The van der Waals surface area contributed by atoms with Crippen molar-refractivity contribution in [1.29, 1.82) is 0 Å². The second-order valence-corrected chi connectivity index (χ2v) is 16.1. The summed E-state index contributed by atoms with van der Waals surface area (Å²) in [6.07, 6.45) is 6.11. The second kappa shape index (κ2) is 20.8. The summed E-state index contributed by atoms with van der Waals surface area (Å²) in [7, 11) is 1.74. The monoisotopic (exact) mass is 833 g/mol. The first-order chi connectivity index (χ1) is 28.6. The highest BCUT2D eigenvalue weighted by molar-refractivity contribution is 6.32. The molecule has 3 aliphatic rings. The lowest BCUT2D eigenvalue weighted by Crippen LogP contribution is -2.58. The number of fused-ring (bicyclic) bond motifs is 1. The minimum Gasteiger partial charge on any atom is -0.506 e. The normalized spacial score (nSPS) is 17.1. The summed E-state index contributed by atoms with van der Waals surface area (Å²) in [4.78, 5) is 46.3. The van der Waals surface area contributed by atoms with Crippen LogP contribution in [0.1, 0.15) is 79.2 Å². The van der Waals surface area contributed by atoms with Crippen molar-refractivity contribution in [3.05, 3.63) is 92.5 Å². The van der Waals surface area contributed by atoms with Crippen molar-refractivity contribution in [2.45, 2.75) is 77.2 Å². The number of carbonyl (C=O) groups excluding carboxylic acids is 2. The number of phenols is 1. The molecule has 2 aliphatic heterocycles. The number of nitrogens with one attached hydrogen (secondary N) is 2. The highest BCUT2D eigenvalue weighted by Crippen LogP contribution is 2.33. The largest absolute Gasteiger partial charge is 0.506 e. The lowest BCUT2D eigenvalue weighted by Gasteiger charge is -2.47. The number of nitrogens with zero attached hydrogens (tertiary/aromatic N) is 5. The van der Waals surface area contributed by atoms with E-state index in [1.807, 2.05) is 47.8 Å². The fraction of sp³-hybridized carbons (Fsp3) is 0.545.